The quantitative estimate of drug-likeness (QED) is 0.318. The van der Waals surface area contributed by atoms with E-state index in [9.17, 15) is 4.79 Å². The number of thiophene rings is 1. The van der Waals surface area contributed by atoms with Crippen molar-refractivity contribution >= 4 is 53.0 Å². The molecule has 8 heteroatoms. The van der Waals surface area contributed by atoms with Gasteiger partial charge in [-0.05, 0) is 37.6 Å². The molecule has 3 N–H and O–H groups in total. The third-order valence-corrected chi connectivity index (χ3v) is 4.75. The molecule has 0 radical (unpaired) electrons. The minimum atomic E-state index is -0.0769. The van der Waals surface area contributed by atoms with Crippen molar-refractivity contribution in [1.82, 2.24) is 15.6 Å². The van der Waals surface area contributed by atoms with Crippen molar-refractivity contribution in [3.05, 3.63) is 45.8 Å². The maximum absolute atomic E-state index is 12.0. The summed E-state index contributed by atoms with van der Waals surface area (Å²) in [5.41, 5.74) is 0.875. The fourth-order valence-corrected chi connectivity index (χ4v) is 3.11. The topological polar surface area (TPSA) is 78.4 Å². The summed E-state index contributed by atoms with van der Waals surface area (Å²) in [5, 5.41) is 9.20. The SMILES string of the molecule is CCc1ccc(CNC(=NC)NCCC(=O)Nc2cccc(C)n2)s1.I. The van der Waals surface area contributed by atoms with Crippen LogP contribution >= 0.6 is 35.3 Å². The van der Waals surface area contributed by atoms with E-state index >= 15 is 0 Å². The summed E-state index contributed by atoms with van der Waals surface area (Å²) in [6, 6.07) is 9.83. The Labute approximate surface area is 175 Å². The van der Waals surface area contributed by atoms with Gasteiger partial charge in [0.1, 0.15) is 5.82 Å². The summed E-state index contributed by atoms with van der Waals surface area (Å²) in [4.78, 5) is 23.0. The molecule has 2 heterocycles. The molecule has 0 aliphatic heterocycles. The minimum Gasteiger partial charge on any atom is -0.356 e. The molecule has 0 bridgehead atoms. The first-order valence-corrected chi connectivity index (χ1v) is 9.18. The van der Waals surface area contributed by atoms with Gasteiger partial charge in [0, 0.05) is 35.5 Å². The number of aryl methyl sites for hydroxylation is 2. The van der Waals surface area contributed by atoms with Gasteiger partial charge in [0.15, 0.2) is 5.96 Å². The van der Waals surface area contributed by atoms with Crippen LogP contribution in [0.15, 0.2) is 35.3 Å². The first kappa shape index (κ1) is 22.4. The molecule has 2 aromatic rings. The fourth-order valence-electron chi connectivity index (χ4n) is 2.21. The average Bonchev–Trinajstić information content (AvgIpc) is 3.06. The number of hydrogen-bond donors (Lipinski definition) is 3. The Morgan fingerprint density at radius 3 is 2.62 bits per heavy atom. The monoisotopic (exact) mass is 487 g/mol. The highest BCUT2D eigenvalue weighted by Gasteiger charge is 2.05. The molecule has 0 aliphatic rings. The molecule has 0 fully saturated rings. The summed E-state index contributed by atoms with van der Waals surface area (Å²) in [7, 11) is 1.72. The lowest BCUT2D eigenvalue weighted by molar-refractivity contribution is -0.116. The lowest BCUT2D eigenvalue weighted by atomic mass is 10.3. The second kappa shape index (κ2) is 11.8. The Balaban J connectivity index is 0.00000338. The zero-order chi connectivity index (χ0) is 18.1. The number of pyridine rings is 1. The van der Waals surface area contributed by atoms with E-state index in [1.807, 2.05) is 19.1 Å². The largest absolute Gasteiger partial charge is 0.356 e. The van der Waals surface area contributed by atoms with Crippen molar-refractivity contribution in [3.63, 3.8) is 0 Å². The number of amides is 1. The number of halogens is 1. The Morgan fingerprint density at radius 2 is 1.96 bits per heavy atom. The van der Waals surface area contributed by atoms with Gasteiger partial charge in [0.25, 0.3) is 0 Å². The van der Waals surface area contributed by atoms with Crippen molar-refractivity contribution in [3.8, 4) is 0 Å². The van der Waals surface area contributed by atoms with Gasteiger partial charge in [-0.2, -0.15) is 0 Å². The van der Waals surface area contributed by atoms with Gasteiger partial charge in [-0.15, -0.1) is 35.3 Å². The summed E-state index contributed by atoms with van der Waals surface area (Å²) >= 11 is 1.80. The second-order valence-corrected chi connectivity index (χ2v) is 6.79. The summed E-state index contributed by atoms with van der Waals surface area (Å²) in [5.74, 6) is 1.19. The first-order valence-electron chi connectivity index (χ1n) is 8.36. The number of nitrogens with zero attached hydrogens (tertiary/aromatic N) is 2. The van der Waals surface area contributed by atoms with E-state index < -0.39 is 0 Å². The van der Waals surface area contributed by atoms with E-state index in [1.165, 1.54) is 9.75 Å². The first-order chi connectivity index (χ1) is 12.1. The van der Waals surface area contributed by atoms with Crippen LogP contribution in [-0.4, -0.2) is 30.4 Å². The van der Waals surface area contributed by atoms with Crippen LogP contribution in [0.5, 0.6) is 0 Å². The number of hydrogen-bond acceptors (Lipinski definition) is 4. The zero-order valence-corrected chi connectivity index (χ0v) is 18.5. The molecule has 0 unspecified atom stereocenters. The number of guanidine groups is 1. The summed E-state index contributed by atoms with van der Waals surface area (Å²) in [6.07, 6.45) is 1.40. The molecule has 26 heavy (non-hydrogen) atoms. The predicted octanol–water partition coefficient (Wildman–Crippen LogP) is 3.33. The van der Waals surface area contributed by atoms with E-state index in [4.69, 9.17) is 0 Å². The van der Waals surface area contributed by atoms with Crippen LogP contribution < -0.4 is 16.0 Å². The Kier molecular flexibility index (Phi) is 10.2. The van der Waals surface area contributed by atoms with E-state index in [-0.39, 0.29) is 29.9 Å². The van der Waals surface area contributed by atoms with Gasteiger partial charge >= 0.3 is 0 Å². The second-order valence-electron chi connectivity index (χ2n) is 5.54. The molecule has 0 spiro atoms. The highest BCUT2D eigenvalue weighted by Crippen LogP contribution is 2.16. The van der Waals surface area contributed by atoms with Gasteiger partial charge in [-0.3, -0.25) is 9.79 Å². The van der Waals surface area contributed by atoms with E-state index in [0.717, 1.165) is 18.7 Å². The molecule has 6 nitrogen and oxygen atoms in total. The van der Waals surface area contributed by atoms with Gasteiger partial charge < -0.3 is 16.0 Å². The van der Waals surface area contributed by atoms with Crippen LogP contribution in [0.2, 0.25) is 0 Å². The van der Waals surface area contributed by atoms with Crippen LogP contribution in [-0.2, 0) is 17.8 Å². The molecular formula is C18H26IN5OS. The highest BCUT2D eigenvalue weighted by molar-refractivity contribution is 14.0. The van der Waals surface area contributed by atoms with Crippen LogP contribution in [0, 0.1) is 6.92 Å². The number of rotatable bonds is 7. The van der Waals surface area contributed by atoms with Gasteiger partial charge in [0.05, 0.1) is 6.54 Å². The lowest BCUT2D eigenvalue weighted by Crippen LogP contribution is -2.38. The highest BCUT2D eigenvalue weighted by atomic mass is 127. The molecule has 142 valence electrons. The van der Waals surface area contributed by atoms with Crippen molar-refractivity contribution in [1.29, 1.82) is 0 Å². The molecule has 0 aliphatic carbocycles. The molecule has 0 atom stereocenters. The summed E-state index contributed by atoms with van der Waals surface area (Å²) in [6.45, 7) is 5.27. The fraction of sp³-hybridized carbons (Fsp3) is 0.389. The molecule has 1 amide bonds. The van der Waals surface area contributed by atoms with Crippen molar-refractivity contribution in [2.24, 2.45) is 4.99 Å². The third kappa shape index (κ3) is 7.69. The minimum absolute atomic E-state index is 0. The maximum Gasteiger partial charge on any atom is 0.227 e. The number of nitrogens with one attached hydrogen (secondary N) is 3. The Hall–Kier alpha value is -1.68. The molecule has 2 rings (SSSR count). The lowest BCUT2D eigenvalue weighted by Gasteiger charge is -2.11. The number of aliphatic imine (C=N–C) groups is 1. The Morgan fingerprint density at radius 1 is 1.19 bits per heavy atom. The number of aromatic nitrogens is 1. The third-order valence-electron chi connectivity index (χ3n) is 3.52. The van der Waals surface area contributed by atoms with Crippen molar-refractivity contribution < 1.29 is 4.79 Å². The number of anilines is 1. The molecule has 0 saturated carbocycles. The van der Waals surface area contributed by atoms with Crippen LogP contribution in [0.4, 0.5) is 5.82 Å². The van der Waals surface area contributed by atoms with Crippen LogP contribution in [0.1, 0.15) is 28.8 Å². The van der Waals surface area contributed by atoms with Gasteiger partial charge in [-0.25, -0.2) is 4.98 Å². The van der Waals surface area contributed by atoms with Crippen molar-refractivity contribution in [2.75, 3.05) is 18.9 Å². The predicted molar refractivity (Wildman–Crippen MR) is 120 cm³/mol. The van der Waals surface area contributed by atoms with E-state index in [0.29, 0.717) is 24.7 Å². The smallest absolute Gasteiger partial charge is 0.227 e. The van der Waals surface area contributed by atoms with E-state index in [2.05, 4.69) is 45.0 Å². The number of carbonyl (C=O) groups is 1. The van der Waals surface area contributed by atoms with Crippen LogP contribution in [0.25, 0.3) is 0 Å². The average molecular weight is 487 g/mol. The van der Waals surface area contributed by atoms with Gasteiger partial charge in [0.2, 0.25) is 5.91 Å². The normalized spacial score (nSPS) is 10.8. The Bertz CT molecular complexity index is 732. The maximum atomic E-state index is 12.0. The number of carbonyl (C=O) groups excluding carboxylic acids is 1. The molecule has 0 saturated heterocycles. The standard InChI is InChI=1S/C18H25N5OS.HI/c1-4-14-8-9-15(25-14)12-21-18(19-3)20-11-10-17(24)23-16-7-5-6-13(2)22-16;/h5-9H,4,10-12H2,1-3H3,(H2,19,20,21)(H,22,23,24);1H. The molecular weight excluding hydrogens is 461 g/mol. The summed E-state index contributed by atoms with van der Waals surface area (Å²) < 4.78 is 0. The zero-order valence-electron chi connectivity index (χ0n) is 15.3. The van der Waals surface area contributed by atoms with Gasteiger partial charge in [-0.1, -0.05) is 13.0 Å². The van der Waals surface area contributed by atoms with E-state index in [1.54, 1.807) is 24.5 Å². The molecule has 0 aromatic carbocycles. The molecule has 2 aromatic heterocycles. The van der Waals surface area contributed by atoms with Crippen molar-refractivity contribution in [2.45, 2.75) is 33.2 Å². The van der Waals surface area contributed by atoms with Crippen LogP contribution in [0.3, 0.4) is 0 Å².